The average Bonchev–Trinajstić information content (AvgIpc) is 3.23. The molecule has 29 heavy (non-hydrogen) atoms. The Hall–Kier alpha value is -2.81. The van der Waals surface area contributed by atoms with Crippen LogP contribution in [0.1, 0.15) is 24.2 Å². The Kier molecular flexibility index (Phi) is 6.92. The molecule has 156 valence electrons. The summed E-state index contributed by atoms with van der Waals surface area (Å²) < 4.78 is 35.2. The first kappa shape index (κ1) is 20.9. The molecule has 1 aromatic carbocycles. The number of benzene rings is 1. The number of rotatable bonds is 7. The molecule has 0 radical (unpaired) electrons. The van der Waals surface area contributed by atoms with Crippen molar-refractivity contribution in [3.63, 3.8) is 0 Å². The second-order valence-electron chi connectivity index (χ2n) is 6.88. The van der Waals surface area contributed by atoms with Gasteiger partial charge in [-0.1, -0.05) is 30.3 Å². The maximum absolute atomic E-state index is 12.5. The Labute approximate surface area is 169 Å². The van der Waals surface area contributed by atoms with Gasteiger partial charge in [0, 0.05) is 13.1 Å². The lowest BCUT2D eigenvalue weighted by Gasteiger charge is -2.31. The quantitative estimate of drug-likeness (QED) is 0.735. The van der Waals surface area contributed by atoms with Gasteiger partial charge < -0.3 is 19.4 Å². The number of ether oxygens (including phenoxy) is 1. The number of alkyl carbamates (subject to hydrolysis) is 1. The summed E-state index contributed by atoms with van der Waals surface area (Å²) in [6, 6.07) is 12.5. The van der Waals surface area contributed by atoms with E-state index >= 15 is 0 Å². The molecule has 1 saturated heterocycles. The van der Waals surface area contributed by atoms with Crippen molar-refractivity contribution in [2.75, 3.05) is 19.6 Å². The Morgan fingerprint density at radius 2 is 1.83 bits per heavy atom. The van der Waals surface area contributed by atoms with E-state index in [0.717, 1.165) is 5.56 Å². The van der Waals surface area contributed by atoms with E-state index in [1.807, 2.05) is 30.3 Å². The number of hydrogen-bond acceptors (Lipinski definition) is 6. The molecule has 1 aliphatic rings. The van der Waals surface area contributed by atoms with E-state index in [1.165, 1.54) is 6.26 Å². The summed E-state index contributed by atoms with van der Waals surface area (Å²) in [4.78, 5) is 25.6. The van der Waals surface area contributed by atoms with Crippen LogP contribution in [0.25, 0.3) is 0 Å². The van der Waals surface area contributed by atoms with Crippen LogP contribution < -0.4 is 5.32 Å². The van der Waals surface area contributed by atoms with Crippen LogP contribution >= 0.6 is 0 Å². The standard InChI is InChI=1S/C20H24N2O6S/c23-19(13-21-20(24)28-14-16-5-2-1-3-6-16)22-10-8-18(9-11-22)29(25,26)15-17-7-4-12-27-17/h1-7,12,18H,8-11,13-15H2,(H,21,24). The van der Waals surface area contributed by atoms with Gasteiger partial charge in [-0.15, -0.1) is 0 Å². The largest absolute Gasteiger partial charge is 0.468 e. The lowest BCUT2D eigenvalue weighted by Crippen LogP contribution is -2.46. The molecule has 0 bridgehead atoms. The van der Waals surface area contributed by atoms with Crippen molar-refractivity contribution in [1.29, 1.82) is 0 Å². The number of nitrogens with one attached hydrogen (secondary N) is 1. The Bertz CT molecular complexity index is 904. The molecule has 0 aliphatic carbocycles. The Morgan fingerprint density at radius 3 is 2.48 bits per heavy atom. The molecule has 2 aromatic rings. The van der Waals surface area contributed by atoms with Gasteiger partial charge >= 0.3 is 6.09 Å². The monoisotopic (exact) mass is 420 g/mol. The Balaban J connectivity index is 1.39. The van der Waals surface area contributed by atoms with Crippen molar-refractivity contribution in [2.45, 2.75) is 30.5 Å². The molecule has 2 amide bonds. The third kappa shape index (κ3) is 6.08. The number of likely N-dealkylation sites (tertiary alicyclic amines) is 1. The summed E-state index contributed by atoms with van der Waals surface area (Å²) in [5.41, 5.74) is 0.854. The lowest BCUT2D eigenvalue weighted by atomic mass is 10.1. The molecule has 2 heterocycles. The third-order valence-electron chi connectivity index (χ3n) is 4.82. The lowest BCUT2D eigenvalue weighted by molar-refractivity contribution is -0.131. The summed E-state index contributed by atoms with van der Waals surface area (Å²) in [5.74, 6) is 0.0261. The highest BCUT2D eigenvalue weighted by Gasteiger charge is 2.32. The smallest absolute Gasteiger partial charge is 0.407 e. The van der Waals surface area contributed by atoms with E-state index in [0.29, 0.717) is 31.7 Å². The fourth-order valence-corrected chi connectivity index (χ4v) is 4.93. The first-order valence-electron chi connectivity index (χ1n) is 9.40. The highest BCUT2D eigenvalue weighted by atomic mass is 32.2. The zero-order valence-electron chi connectivity index (χ0n) is 16.0. The molecule has 0 unspecified atom stereocenters. The third-order valence-corrected chi connectivity index (χ3v) is 7.00. The molecule has 0 atom stereocenters. The maximum atomic E-state index is 12.5. The topological polar surface area (TPSA) is 106 Å². The average molecular weight is 420 g/mol. The number of carbonyl (C=O) groups excluding carboxylic acids is 2. The molecule has 1 N–H and O–H groups in total. The van der Waals surface area contributed by atoms with Crippen LogP contribution in [0, 0.1) is 0 Å². The van der Waals surface area contributed by atoms with E-state index < -0.39 is 21.2 Å². The van der Waals surface area contributed by atoms with Crippen LogP contribution in [0.5, 0.6) is 0 Å². The molecular weight excluding hydrogens is 396 g/mol. The minimum Gasteiger partial charge on any atom is -0.468 e. The number of nitrogens with zero attached hydrogens (tertiary/aromatic N) is 1. The van der Waals surface area contributed by atoms with Gasteiger partial charge in [0.15, 0.2) is 9.84 Å². The fourth-order valence-electron chi connectivity index (χ4n) is 3.21. The van der Waals surface area contributed by atoms with Crippen molar-refractivity contribution in [3.05, 3.63) is 60.1 Å². The van der Waals surface area contributed by atoms with Crippen LogP contribution in [-0.2, 0) is 31.7 Å². The molecule has 1 fully saturated rings. The number of carbonyl (C=O) groups is 2. The van der Waals surface area contributed by atoms with Crippen LogP contribution in [0.2, 0.25) is 0 Å². The fraction of sp³-hybridized carbons (Fsp3) is 0.400. The zero-order valence-corrected chi connectivity index (χ0v) is 16.8. The SMILES string of the molecule is O=C(NCC(=O)N1CCC(S(=O)(=O)Cc2ccco2)CC1)OCc1ccccc1. The first-order chi connectivity index (χ1) is 13.9. The molecule has 0 saturated carbocycles. The van der Waals surface area contributed by atoms with Crippen molar-refractivity contribution < 1.29 is 27.2 Å². The highest BCUT2D eigenvalue weighted by molar-refractivity contribution is 7.91. The van der Waals surface area contributed by atoms with Gasteiger partial charge in [-0.25, -0.2) is 13.2 Å². The minimum atomic E-state index is -3.34. The molecule has 9 heteroatoms. The van der Waals surface area contributed by atoms with Gasteiger partial charge in [-0.05, 0) is 30.5 Å². The van der Waals surface area contributed by atoms with E-state index in [1.54, 1.807) is 17.0 Å². The van der Waals surface area contributed by atoms with Crippen LogP contribution in [0.4, 0.5) is 4.79 Å². The molecule has 8 nitrogen and oxygen atoms in total. The van der Waals surface area contributed by atoms with Gasteiger partial charge in [0.05, 0.1) is 11.5 Å². The number of hydrogen-bond donors (Lipinski definition) is 1. The van der Waals surface area contributed by atoms with E-state index in [4.69, 9.17) is 9.15 Å². The number of furan rings is 1. The molecule has 0 spiro atoms. The highest BCUT2D eigenvalue weighted by Crippen LogP contribution is 2.21. The maximum Gasteiger partial charge on any atom is 0.407 e. The van der Waals surface area contributed by atoms with E-state index in [9.17, 15) is 18.0 Å². The molecular formula is C20H24N2O6S. The predicted molar refractivity (Wildman–Crippen MR) is 106 cm³/mol. The van der Waals surface area contributed by atoms with Crippen molar-refractivity contribution in [3.8, 4) is 0 Å². The van der Waals surface area contributed by atoms with E-state index in [2.05, 4.69) is 5.32 Å². The predicted octanol–water partition coefficient (Wildman–Crippen LogP) is 2.11. The number of amides is 2. The van der Waals surface area contributed by atoms with Crippen molar-refractivity contribution >= 4 is 21.8 Å². The molecule has 1 aromatic heterocycles. The minimum absolute atomic E-state index is 0.125. The Morgan fingerprint density at radius 1 is 1.10 bits per heavy atom. The first-order valence-corrected chi connectivity index (χ1v) is 11.1. The summed E-state index contributed by atoms with van der Waals surface area (Å²) in [6.07, 6.45) is 1.52. The summed E-state index contributed by atoms with van der Waals surface area (Å²) in [7, 11) is -3.34. The van der Waals surface area contributed by atoms with Crippen LogP contribution in [-0.4, -0.2) is 50.2 Å². The van der Waals surface area contributed by atoms with Crippen molar-refractivity contribution in [1.82, 2.24) is 10.2 Å². The summed E-state index contributed by atoms with van der Waals surface area (Å²) in [5, 5.41) is 1.94. The van der Waals surface area contributed by atoms with Gasteiger partial charge in [-0.2, -0.15) is 0 Å². The summed E-state index contributed by atoms with van der Waals surface area (Å²) >= 11 is 0. The number of piperidine rings is 1. The van der Waals surface area contributed by atoms with Crippen LogP contribution in [0.3, 0.4) is 0 Å². The van der Waals surface area contributed by atoms with Crippen LogP contribution in [0.15, 0.2) is 53.1 Å². The van der Waals surface area contributed by atoms with Gasteiger partial charge in [-0.3, -0.25) is 4.79 Å². The molecule has 1 aliphatic heterocycles. The summed E-state index contributed by atoms with van der Waals surface area (Å²) in [6.45, 7) is 0.612. The number of sulfone groups is 1. The van der Waals surface area contributed by atoms with Gasteiger partial charge in [0.2, 0.25) is 5.91 Å². The van der Waals surface area contributed by atoms with Gasteiger partial charge in [0.25, 0.3) is 0 Å². The van der Waals surface area contributed by atoms with Crippen molar-refractivity contribution in [2.24, 2.45) is 0 Å². The normalized spacial score (nSPS) is 15.1. The molecule has 3 rings (SSSR count). The second kappa shape index (κ2) is 9.60. The van der Waals surface area contributed by atoms with E-state index in [-0.39, 0.29) is 24.8 Å². The zero-order chi connectivity index (χ0) is 20.7. The van der Waals surface area contributed by atoms with Gasteiger partial charge in [0.1, 0.15) is 24.7 Å². The second-order valence-corrected chi connectivity index (χ2v) is 9.16.